The van der Waals surface area contributed by atoms with Crippen LogP contribution in [-0.2, 0) is 0 Å². The molecule has 4 heteroatoms. The first-order valence-corrected chi connectivity index (χ1v) is 8.01. The lowest BCUT2D eigenvalue weighted by Gasteiger charge is -2.21. The Kier molecular flexibility index (Phi) is 3.50. The van der Waals surface area contributed by atoms with Crippen molar-refractivity contribution in [2.24, 2.45) is 5.41 Å². The van der Waals surface area contributed by atoms with Crippen LogP contribution in [0.2, 0.25) is 5.02 Å². The maximum atomic E-state index is 6.43. The molecule has 2 aromatic rings. The molecule has 0 N–H and O–H groups in total. The molecule has 1 aromatic heterocycles. The Balaban J connectivity index is 2.19. The Bertz CT molecular complexity index is 643. The van der Waals surface area contributed by atoms with Crippen LogP contribution in [0.15, 0.2) is 18.2 Å². The van der Waals surface area contributed by atoms with Gasteiger partial charge in [-0.2, -0.15) is 0 Å². The molecule has 0 saturated heterocycles. The highest BCUT2D eigenvalue weighted by Gasteiger charge is 2.34. The van der Waals surface area contributed by atoms with Gasteiger partial charge in [0.15, 0.2) is 0 Å². The number of hydrogen-bond acceptors (Lipinski definition) is 1. The van der Waals surface area contributed by atoms with E-state index in [9.17, 15) is 0 Å². The molecule has 2 atom stereocenters. The first-order chi connectivity index (χ1) is 9.39. The van der Waals surface area contributed by atoms with E-state index in [2.05, 4.69) is 18.4 Å². The van der Waals surface area contributed by atoms with Crippen LogP contribution in [0.1, 0.15) is 57.3 Å². The number of halogens is 2. The maximum absolute atomic E-state index is 6.43. The van der Waals surface area contributed by atoms with Crippen LogP contribution in [0.4, 0.5) is 0 Å². The number of para-hydroxylation sites is 1. The minimum atomic E-state index is -0.109. The second-order valence-corrected chi connectivity index (χ2v) is 7.69. The summed E-state index contributed by atoms with van der Waals surface area (Å²) in [5, 5.41) is 0.658. The van der Waals surface area contributed by atoms with Gasteiger partial charge in [0, 0.05) is 6.04 Å². The van der Waals surface area contributed by atoms with Gasteiger partial charge in [0.1, 0.15) is 5.82 Å². The number of alkyl halides is 1. The van der Waals surface area contributed by atoms with E-state index in [4.69, 9.17) is 28.2 Å². The lowest BCUT2D eigenvalue weighted by molar-refractivity contribution is 0.358. The Morgan fingerprint density at radius 3 is 2.75 bits per heavy atom. The first kappa shape index (κ1) is 14.2. The summed E-state index contributed by atoms with van der Waals surface area (Å²) in [6.45, 7) is 6.64. The Hall–Kier alpha value is -0.730. The first-order valence-electron chi connectivity index (χ1n) is 7.19. The van der Waals surface area contributed by atoms with Crippen LogP contribution in [0.3, 0.4) is 0 Å². The van der Waals surface area contributed by atoms with Gasteiger partial charge in [-0.3, -0.25) is 0 Å². The summed E-state index contributed by atoms with van der Waals surface area (Å²) in [6.07, 6.45) is 3.55. The van der Waals surface area contributed by atoms with E-state index >= 15 is 0 Å². The molecule has 1 aliphatic carbocycles. The van der Waals surface area contributed by atoms with Gasteiger partial charge in [0.2, 0.25) is 0 Å². The van der Waals surface area contributed by atoms with Gasteiger partial charge >= 0.3 is 0 Å². The molecule has 108 valence electrons. The number of nitrogens with zero attached hydrogens (tertiary/aromatic N) is 2. The van der Waals surface area contributed by atoms with Gasteiger partial charge < -0.3 is 4.57 Å². The topological polar surface area (TPSA) is 17.8 Å². The summed E-state index contributed by atoms with van der Waals surface area (Å²) in [6, 6.07) is 6.35. The minimum Gasteiger partial charge on any atom is -0.322 e. The van der Waals surface area contributed by atoms with E-state index in [1.807, 2.05) is 25.1 Å². The molecule has 1 fully saturated rings. The normalized spacial score (nSPS) is 23.4. The van der Waals surface area contributed by atoms with Crippen molar-refractivity contribution in [2.75, 3.05) is 0 Å². The van der Waals surface area contributed by atoms with Crippen molar-refractivity contribution in [3.63, 3.8) is 0 Å². The highest BCUT2D eigenvalue weighted by molar-refractivity contribution is 6.35. The van der Waals surface area contributed by atoms with E-state index in [-0.39, 0.29) is 5.38 Å². The summed E-state index contributed by atoms with van der Waals surface area (Å²) in [5.41, 5.74) is 2.37. The van der Waals surface area contributed by atoms with Crippen molar-refractivity contribution < 1.29 is 0 Å². The largest absolute Gasteiger partial charge is 0.322 e. The molecule has 20 heavy (non-hydrogen) atoms. The van der Waals surface area contributed by atoms with Crippen LogP contribution in [0.25, 0.3) is 11.0 Å². The molecular formula is C16H20Cl2N2. The van der Waals surface area contributed by atoms with Crippen molar-refractivity contribution >= 4 is 34.2 Å². The monoisotopic (exact) mass is 310 g/mol. The SMILES string of the molecule is CC(Cl)c1nc2cccc(Cl)c2n1C1CCC(C)(C)C1. The molecule has 1 aromatic carbocycles. The molecule has 2 unspecified atom stereocenters. The van der Waals surface area contributed by atoms with E-state index in [1.54, 1.807) is 0 Å². The third kappa shape index (κ3) is 2.33. The Morgan fingerprint density at radius 1 is 1.40 bits per heavy atom. The minimum absolute atomic E-state index is 0.109. The Morgan fingerprint density at radius 2 is 2.15 bits per heavy atom. The molecule has 0 amide bonds. The van der Waals surface area contributed by atoms with E-state index in [0.29, 0.717) is 11.5 Å². The zero-order chi connectivity index (χ0) is 14.5. The highest BCUT2D eigenvalue weighted by atomic mass is 35.5. The van der Waals surface area contributed by atoms with Crippen molar-refractivity contribution in [3.05, 3.63) is 29.0 Å². The van der Waals surface area contributed by atoms with Crippen LogP contribution < -0.4 is 0 Å². The van der Waals surface area contributed by atoms with E-state index in [0.717, 1.165) is 28.3 Å². The number of hydrogen-bond donors (Lipinski definition) is 0. The van der Waals surface area contributed by atoms with Gasteiger partial charge in [-0.15, -0.1) is 11.6 Å². The van der Waals surface area contributed by atoms with Crippen LogP contribution in [0, 0.1) is 5.41 Å². The average Bonchev–Trinajstić information content (AvgIpc) is 2.90. The average molecular weight is 311 g/mol. The van der Waals surface area contributed by atoms with Crippen molar-refractivity contribution in [2.45, 2.75) is 51.5 Å². The van der Waals surface area contributed by atoms with E-state index in [1.165, 1.54) is 12.8 Å². The fraction of sp³-hybridized carbons (Fsp3) is 0.562. The van der Waals surface area contributed by atoms with Crippen LogP contribution in [0.5, 0.6) is 0 Å². The summed E-state index contributed by atoms with van der Waals surface area (Å²) < 4.78 is 2.30. The molecule has 3 rings (SSSR count). The van der Waals surface area contributed by atoms with Crippen LogP contribution in [-0.4, -0.2) is 9.55 Å². The molecule has 0 radical (unpaired) electrons. The molecular weight excluding hydrogens is 291 g/mol. The predicted molar refractivity (Wildman–Crippen MR) is 85.7 cm³/mol. The fourth-order valence-electron chi connectivity index (χ4n) is 3.39. The van der Waals surface area contributed by atoms with Crippen molar-refractivity contribution in [3.8, 4) is 0 Å². The van der Waals surface area contributed by atoms with Gasteiger partial charge in [-0.25, -0.2) is 4.98 Å². The zero-order valence-electron chi connectivity index (χ0n) is 12.2. The predicted octanol–water partition coefficient (Wildman–Crippen LogP) is 5.74. The smallest absolute Gasteiger partial charge is 0.128 e. The highest BCUT2D eigenvalue weighted by Crippen LogP contribution is 2.46. The second-order valence-electron chi connectivity index (χ2n) is 6.62. The van der Waals surface area contributed by atoms with Crippen molar-refractivity contribution in [1.29, 1.82) is 0 Å². The third-order valence-electron chi connectivity index (χ3n) is 4.35. The molecule has 1 heterocycles. The summed E-state index contributed by atoms with van der Waals surface area (Å²) >= 11 is 12.8. The van der Waals surface area contributed by atoms with Crippen LogP contribution >= 0.6 is 23.2 Å². The molecule has 0 bridgehead atoms. The fourth-order valence-corrected chi connectivity index (χ4v) is 3.81. The van der Waals surface area contributed by atoms with E-state index < -0.39 is 0 Å². The summed E-state index contributed by atoms with van der Waals surface area (Å²) in [4.78, 5) is 4.71. The molecule has 0 spiro atoms. The molecule has 1 aliphatic rings. The summed E-state index contributed by atoms with van der Waals surface area (Å²) in [7, 11) is 0. The van der Waals surface area contributed by atoms with Gasteiger partial charge in [0.05, 0.1) is 21.4 Å². The number of fused-ring (bicyclic) bond motifs is 1. The number of imidazole rings is 1. The quantitative estimate of drug-likeness (QED) is 0.647. The lowest BCUT2D eigenvalue weighted by atomic mass is 9.92. The summed E-state index contributed by atoms with van der Waals surface area (Å²) in [5.74, 6) is 0.942. The number of rotatable bonds is 2. The number of aromatic nitrogens is 2. The number of benzene rings is 1. The second kappa shape index (κ2) is 4.92. The van der Waals surface area contributed by atoms with Crippen molar-refractivity contribution in [1.82, 2.24) is 9.55 Å². The molecule has 1 saturated carbocycles. The zero-order valence-corrected chi connectivity index (χ0v) is 13.7. The van der Waals surface area contributed by atoms with Gasteiger partial charge in [-0.05, 0) is 43.7 Å². The molecule has 0 aliphatic heterocycles. The third-order valence-corrected chi connectivity index (χ3v) is 4.85. The standard InChI is InChI=1S/C16H20Cl2N2/c1-10(17)15-19-13-6-4-5-12(18)14(13)20(15)11-7-8-16(2,3)9-11/h4-6,10-11H,7-9H2,1-3H3. The van der Waals surface area contributed by atoms with Gasteiger partial charge in [0.25, 0.3) is 0 Å². The maximum Gasteiger partial charge on any atom is 0.128 e. The van der Waals surface area contributed by atoms with Gasteiger partial charge in [-0.1, -0.05) is 31.5 Å². The Labute approximate surface area is 130 Å². The molecule has 2 nitrogen and oxygen atoms in total. The lowest BCUT2D eigenvalue weighted by Crippen LogP contribution is -2.12.